The molecule has 0 spiro atoms. The Balaban J connectivity index is 1.79. The summed E-state index contributed by atoms with van der Waals surface area (Å²) in [7, 11) is 0. The normalized spacial score (nSPS) is 31.2. The molecule has 0 bridgehead atoms. The molecule has 0 amide bonds. The lowest BCUT2D eigenvalue weighted by molar-refractivity contribution is 0.0516. The minimum Gasteiger partial charge on any atom is -0.461 e. The Bertz CT molecular complexity index is 402. The molecule has 2 aliphatic rings. The molecule has 4 heteroatoms. The summed E-state index contributed by atoms with van der Waals surface area (Å²) < 4.78 is 10.3. The fraction of sp³-hybridized carbons (Fsp3) is 0.667. The van der Waals surface area contributed by atoms with Gasteiger partial charge < -0.3 is 9.15 Å². The number of carbonyl (C=O) groups excluding carboxylic acids is 1. The molecule has 0 N–H and O–H groups in total. The van der Waals surface area contributed by atoms with Crippen LogP contribution in [0.2, 0.25) is 0 Å². The summed E-state index contributed by atoms with van der Waals surface area (Å²) >= 11 is 0. The zero-order valence-corrected chi connectivity index (χ0v) is 9.31. The van der Waals surface area contributed by atoms with Gasteiger partial charge in [-0.1, -0.05) is 0 Å². The lowest BCUT2D eigenvalue weighted by atomic mass is 9.99. The molecule has 2 fully saturated rings. The van der Waals surface area contributed by atoms with Gasteiger partial charge in [-0.05, 0) is 38.0 Å². The van der Waals surface area contributed by atoms with Crippen LogP contribution in [0.25, 0.3) is 0 Å². The minimum absolute atomic E-state index is 0.355. The Hall–Kier alpha value is -1.32. The molecule has 0 aromatic carbocycles. The Kier molecular flexibility index (Phi) is 2.23. The Labute approximate surface area is 94.0 Å². The molecular formula is C12H15NO3. The highest BCUT2D eigenvalue weighted by Crippen LogP contribution is 2.57. The maximum atomic E-state index is 11.6. The van der Waals surface area contributed by atoms with Crippen molar-refractivity contribution in [3.05, 3.63) is 17.8 Å². The number of hydrogen-bond acceptors (Lipinski definition) is 4. The first-order valence-electron chi connectivity index (χ1n) is 5.90. The number of hydrogen-bond donors (Lipinski definition) is 0. The van der Waals surface area contributed by atoms with Gasteiger partial charge in [-0.15, -0.1) is 0 Å². The molecule has 1 aromatic rings. The van der Waals surface area contributed by atoms with E-state index in [1.807, 2.05) is 0 Å². The zero-order chi connectivity index (χ0) is 11.1. The number of ether oxygens (including phenoxy) is 1. The predicted octanol–water partition coefficient (Wildman–Crippen LogP) is 2.36. The second kappa shape index (κ2) is 3.61. The first kappa shape index (κ1) is 9.87. The summed E-state index contributed by atoms with van der Waals surface area (Å²) in [5.74, 6) is 2.50. The van der Waals surface area contributed by atoms with E-state index in [2.05, 4.69) is 4.98 Å². The van der Waals surface area contributed by atoms with Gasteiger partial charge in [0, 0.05) is 5.92 Å². The van der Waals surface area contributed by atoms with Gasteiger partial charge in [-0.3, -0.25) is 0 Å². The summed E-state index contributed by atoms with van der Waals surface area (Å²) in [5, 5.41) is 0. The van der Waals surface area contributed by atoms with Gasteiger partial charge in [0.1, 0.15) is 5.76 Å². The molecule has 4 nitrogen and oxygen atoms in total. The summed E-state index contributed by atoms with van der Waals surface area (Å²) in [6.45, 7) is 2.17. The van der Waals surface area contributed by atoms with Crippen LogP contribution in [0.5, 0.6) is 0 Å². The van der Waals surface area contributed by atoms with E-state index in [0.717, 1.165) is 30.4 Å². The SMILES string of the molecule is CCOC(=O)c1ncoc1C1CC2CC2C1. The highest BCUT2D eigenvalue weighted by molar-refractivity contribution is 5.88. The molecule has 86 valence electrons. The summed E-state index contributed by atoms with van der Waals surface area (Å²) in [6, 6.07) is 0. The van der Waals surface area contributed by atoms with Crippen molar-refractivity contribution in [2.24, 2.45) is 11.8 Å². The molecule has 2 atom stereocenters. The number of oxazole rings is 1. The summed E-state index contributed by atoms with van der Waals surface area (Å²) in [4.78, 5) is 15.6. The number of fused-ring (bicyclic) bond motifs is 1. The first-order valence-corrected chi connectivity index (χ1v) is 5.90. The standard InChI is InChI=1S/C12H15NO3/c1-2-15-12(14)10-11(16-6-13-10)9-4-7-3-8(7)5-9/h6-9H,2-5H2,1H3. The number of esters is 1. The predicted molar refractivity (Wildman–Crippen MR) is 56.0 cm³/mol. The third-order valence-electron chi connectivity index (χ3n) is 3.68. The van der Waals surface area contributed by atoms with Crippen molar-refractivity contribution >= 4 is 5.97 Å². The van der Waals surface area contributed by atoms with Crippen LogP contribution >= 0.6 is 0 Å². The lowest BCUT2D eigenvalue weighted by Crippen LogP contribution is -2.09. The molecule has 1 aromatic heterocycles. The van der Waals surface area contributed by atoms with E-state index in [1.165, 1.54) is 12.8 Å². The van der Waals surface area contributed by atoms with Crippen molar-refractivity contribution in [2.45, 2.75) is 32.1 Å². The smallest absolute Gasteiger partial charge is 0.360 e. The van der Waals surface area contributed by atoms with E-state index in [-0.39, 0.29) is 5.97 Å². The molecule has 1 heterocycles. The van der Waals surface area contributed by atoms with E-state index in [9.17, 15) is 4.79 Å². The highest BCUT2D eigenvalue weighted by atomic mass is 16.5. The van der Waals surface area contributed by atoms with Crippen LogP contribution in [0.4, 0.5) is 0 Å². The van der Waals surface area contributed by atoms with Gasteiger partial charge in [0.15, 0.2) is 12.1 Å². The van der Waals surface area contributed by atoms with Gasteiger partial charge in [0.05, 0.1) is 6.61 Å². The van der Waals surface area contributed by atoms with E-state index < -0.39 is 0 Å². The minimum atomic E-state index is -0.355. The monoisotopic (exact) mass is 221 g/mol. The van der Waals surface area contributed by atoms with E-state index in [1.54, 1.807) is 6.92 Å². The van der Waals surface area contributed by atoms with Crippen molar-refractivity contribution in [3.63, 3.8) is 0 Å². The summed E-state index contributed by atoms with van der Waals surface area (Å²) in [6.07, 6.45) is 5.00. The topological polar surface area (TPSA) is 52.3 Å². The fourth-order valence-corrected chi connectivity index (χ4v) is 2.83. The number of rotatable bonds is 3. The maximum absolute atomic E-state index is 11.6. The lowest BCUT2D eigenvalue weighted by Gasteiger charge is -2.09. The highest BCUT2D eigenvalue weighted by Gasteiger charge is 2.48. The van der Waals surface area contributed by atoms with E-state index >= 15 is 0 Å². The first-order chi connectivity index (χ1) is 7.79. The van der Waals surface area contributed by atoms with E-state index in [4.69, 9.17) is 9.15 Å². The average Bonchev–Trinajstić information content (AvgIpc) is 2.74. The molecule has 2 unspecified atom stereocenters. The van der Waals surface area contributed by atoms with Gasteiger partial charge >= 0.3 is 5.97 Å². The Morgan fingerprint density at radius 3 is 2.94 bits per heavy atom. The largest absolute Gasteiger partial charge is 0.461 e. The number of aromatic nitrogens is 1. The Morgan fingerprint density at radius 2 is 2.25 bits per heavy atom. The second-order valence-corrected chi connectivity index (χ2v) is 4.71. The summed E-state index contributed by atoms with van der Waals surface area (Å²) in [5.41, 5.74) is 0.383. The quantitative estimate of drug-likeness (QED) is 0.735. The van der Waals surface area contributed by atoms with Crippen LogP contribution in [0, 0.1) is 11.8 Å². The van der Waals surface area contributed by atoms with Crippen LogP contribution in [0.3, 0.4) is 0 Å². The van der Waals surface area contributed by atoms with Crippen molar-refractivity contribution in [1.82, 2.24) is 4.98 Å². The molecular weight excluding hydrogens is 206 g/mol. The van der Waals surface area contributed by atoms with Crippen LogP contribution in [0.15, 0.2) is 10.8 Å². The van der Waals surface area contributed by atoms with Gasteiger partial charge in [-0.25, -0.2) is 9.78 Å². The maximum Gasteiger partial charge on any atom is 0.360 e. The molecule has 0 aliphatic heterocycles. The third-order valence-corrected chi connectivity index (χ3v) is 3.68. The van der Waals surface area contributed by atoms with Gasteiger partial charge in [-0.2, -0.15) is 0 Å². The Morgan fingerprint density at radius 1 is 1.50 bits per heavy atom. The van der Waals surface area contributed by atoms with Crippen molar-refractivity contribution < 1.29 is 13.9 Å². The van der Waals surface area contributed by atoms with Crippen LogP contribution in [0.1, 0.15) is 48.4 Å². The van der Waals surface area contributed by atoms with E-state index in [0.29, 0.717) is 18.2 Å². The zero-order valence-electron chi connectivity index (χ0n) is 9.31. The number of nitrogens with zero attached hydrogens (tertiary/aromatic N) is 1. The molecule has 3 rings (SSSR count). The van der Waals surface area contributed by atoms with Gasteiger partial charge in [0.25, 0.3) is 0 Å². The second-order valence-electron chi connectivity index (χ2n) is 4.71. The molecule has 0 saturated heterocycles. The average molecular weight is 221 g/mol. The molecule has 0 radical (unpaired) electrons. The molecule has 2 saturated carbocycles. The van der Waals surface area contributed by atoms with Crippen LogP contribution < -0.4 is 0 Å². The van der Waals surface area contributed by atoms with Crippen molar-refractivity contribution in [3.8, 4) is 0 Å². The van der Waals surface area contributed by atoms with Gasteiger partial charge in [0.2, 0.25) is 0 Å². The fourth-order valence-electron chi connectivity index (χ4n) is 2.83. The third kappa shape index (κ3) is 1.52. The number of carbonyl (C=O) groups is 1. The van der Waals surface area contributed by atoms with Crippen LogP contribution in [-0.4, -0.2) is 17.6 Å². The van der Waals surface area contributed by atoms with Crippen LogP contribution in [-0.2, 0) is 4.74 Å². The molecule has 2 aliphatic carbocycles. The van der Waals surface area contributed by atoms with Crippen molar-refractivity contribution in [2.75, 3.05) is 6.61 Å². The molecule has 16 heavy (non-hydrogen) atoms. The van der Waals surface area contributed by atoms with Crippen molar-refractivity contribution in [1.29, 1.82) is 0 Å².